The summed E-state index contributed by atoms with van der Waals surface area (Å²) in [6.45, 7) is 1.93. The Morgan fingerprint density at radius 3 is 2.63 bits per heavy atom. The summed E-state index contributed by atoms with van der Waals surface area (Å²) in [6, 6.07) is 7.19. The van der Waals surface area contributed by atoms with Crippen LogP contribution in [0.4, 0.5) is 5.69 Å². The van der Waals surface area contributed by atoms with Crippen molar-refractivity contribution in [2.24, 2.45) is 0 Å². The maximum absolute atomic E-state index is 12.1. The van der Waals surface area contributed by atoms with Crippen LogP contribution in [0, 0.1) is 0 Å². The first kappa shape index (κ1) is 13.0. The third-order valence-corrected chi connectivity index (χ3v) is 2.83. The third-order valence-electron chi connectivity index (χ3n) is 2.83. The molecule has 2 aromatic heterocycles. The molecule has 0 aliphatic carbocycles. The van der Waals surface area contributed by atoms with Gasteiger partial charge in [0.15, 0.2) is 0 Å². The molecule has 98 valence electrons. The fourth-order valence-corrected chi connectivity index (χ4v) is 1.72. The molecule has 0 aromatic carbocycles. The molecule has 19 heavy (non-hydrogen) atoms. The highest BCUT2D eigenvalue weighted by atomic mass is 16.1. The van der Waals surface area contributed by atoms with Crippen molar-refractivity contribution in [1.29, 1.82) is 0 Å². The van der Waals surface area contributed by atoms with E-state index in [4.69, 9.17) is 0 Å². The maximum Gasteiger partial charge on any atom is 0.270 e. The first-order valence-corrected chi connectivity index (χ1v) is 6.05. The first-order chi connectivity index (χ1) is 9.20. The van der Waals surface area contributed by atoms with Crippen molar-refractivity contribution in [3.63, 3.8) is 0 Å². The molecule has 0 radical (unpaired) electrons. The number of rotatable bonds is 4. The monoisotopic (exact) mass is 256 g/mol. The summed E-state index contributed by atoms with van der Waals surface area (Å²) in [4.78, 5) is 20.1. The zero-order chi connectivity index (χ0) is 13.7. The molecular weight excluding hydrogens is 240 g/mol. The van der Waals surface area contributed by atoms with E-state index in [-0.39, 0.29) is 11.9 Å². The fourth-order valence-electron chi connectivity index (χ4n) is 1.72. The van der Waals surface area contributed by atoms with E-state index in [1.807, 2.05) is 25.1 Å². The van der Waals surface area contributed by atoms with Gasteiger partial charge in [0.1, 0.15) is 5.69 Å². The lowest BCUT2D eigenvalue weighted by atomic mass is 10.1. The molecule has 2 heterocycles. The molecule has 0 bridgehead atoms. The molecule has 0 aliphatic heterocycles. The van der Waals surface area contributed by atoms with E-state index in [0.29, 0.717) is 5.69 Å². The van der Waals surface area contributed by atoms with Crippen LogP contribution in [-0.2, 0) is 0 Å². The number of pyridine rings is 2. The molecule has 2 aromatic rings. The van der Waals surface area contributed by atoms with Crippen molar-refractivity contribution in [1.82, 2.24) is 15.3 Å². The minimum absolute atomic E-state index is 0.0875. The lowest BCUT2D eigenvalue weighted by molar-refractivity contribution is 0.0935. The van der Waals surface area contributed by atoms with Gasteiger partial charge >= 0.3 is 0 Å². The molecule has 0 saturated carbocycles. The van der Waals surface area contributed by atoms with Crippen LogP contribution < -0.4 is 10.6 Å². The summed E-state index contributed by atoms with van der Waals surface area (Å²) >= 11 is 0. The van der Waals surface area contributed by atoms with Gasteiger partial charge in [0, 0.05) is 31.3 Å². The van der Waals surface area contributed by atoms with E-state index < -0.39 is 0 Å². The number of anilines is 1. The highest BCUT2D eigenvalue weighted by molar-refractivity contribution is 5.93. The highest BCUT2D eigenvalue weighted by Gasteiger charge is 2.12. The van der Waals surface area contributed by atoms with Crippen LogP contribution in [0.1, 0.15) is 29.0 Å². The molecule has 0 aliphatic rings. The van der Waals surface area contributed by atoms with E-state index in [9.17, 15) is 4.79 Å². The molecule has 5 heteroatoms. The number of nitrogens with zero attached hydrogens (tertiary/aromatic N) is 2. The Hall–Kier alpha value is -2.43. The normalized spacial score (nSPS) is 11.7. The average Bonchev–Trinajstić information content (AvgIpc) is 2.48. The van der Waals surface area contributed by atoms with Crippen molar-refractivity contribution in [3.05, 3.63) is 54.1 Å². The number of hydrogen-bond donors (Lipinski definition) is 2. The number of aromatic nitrogens is 2. The molecule has 0 spiro atoms. The van der Waals surface area contributed by atoms with Gasteiger partial charge < -0.3 is 10.6 Å². The van der Waals surface area contributed by atoms with Gasteiger partial charge in [0.25, 0.3) is 5.91 Å². The predicted octanol–water partition coefficient (Wildman–Crippen LogP) is 2.01. The molecule has 5 nitrogen and oxygen atoms in total. The van der Waals surface area contributed by atoms with E-state index in [2.05, 4.69) is 20.6 Å². The quantitative estimate of drug-likeness (QED) is 0.878. The van der Waals surface area contributed by atoms with Crippen LogP contribution in [0.15, 0.2) is 42.9 Å². The zero-order valence-corrected chi connectivity index (χ0v) is 10.9. The van der Waals surface area contributed by atoms with Crippen LogP contribution in [0.2, 0.25) is 0 Å². The summed E-state index contributed by atoms with van der Waals surface area (Å²) in [6.07, 6.45) is 5.02. The number of amides is 1. The second-order valence-corrected chi connectivity index (χ2v) is 4.16. The van der Waals surface area contributed by atoms with Gasteiger partial charge in [0.2, 0.25) is 0 Å². The van der Waals surface area contributed by atoms with E-state index in [1.165, 1.54) is 0 Å². The molecule has 1 atom stereocenters. The Balaban J connectivity index is 2.08. The van der Waals surface area contributed by atoms with Gasteiger partial charge in [-0.25, -0.2) is 0 Å². The van der Waals surface area contributed by atoms with E-state index in [1.54, 1.807) is 31.7 Å². The first-order valence-electron chi connectivity index (χ1n) is 6.05. The van der Waals surface area contributed by atoms with Crippen LogP contribution in [0.5, 0.6) is 0 Å². The number of carbonyl (C=O) groups is 1. The van der Waals surface area contributed by atoms with Gasteiger partial charge in [-0.3, -0.25) is 14.8 Å². The Morgan fingerprint density at radius 1 is 1.21 bits per heavy atom. The van der Waals surface area contributed by atoms with Crippen LogP contribution in [-0.4, -0.2) is 22.9 Å². The second kappa shape index (κ2) is 5.95. The maximum atomic E-state index is 12.1. The number of hydrogen-bond acceptors (Lipinski definition) is 4. The van der Waals surface area contributed by atoms with Crippen LogP contribution in [0.25, 0.3) is 0 Å². The van der Waals surface area contributed by atoms with Crippen molar-refractivity contribution in [2.45, 2.75) is 13.0 Å². The molecule has 0 saturated heterocycles. The predicted molar refractivity (Wildman–Crippen MR) is 73.9 cm³/mol. The molecular formula is C14H16N4O. The number of carbonyl (C=O) groups excluding carboxylic acids is 1. The molecule has 1 amide bonds. The van der Waals surface area contributed by atoms with Gasteiger partial charge in [-0.15, -0.1) is 0 Å². The van der Waals surface area contributed by atoms with E-state index >= 15 is 0 Å². The standard InChI is InChI=1S/C14H16N4O/c1-10(11-3-6-16-7-4-11)18-14(19)13-9-12(15-2)5-8-17-13/h3-10H,1-2H3,(H,15,17)(H,18,19). The summed E-state index contributed by atoms with van der Waals surface area (Å²) in [5, 5.41) is 5.89. The van der Waals surface area contributed by atoms with Crippen molar-refractivity contribution in [3.8, 4) is 0 Å². The van der Waals surface area contributed by atoms with E-state index in [0.717, 1.165) is 11.3 Å². The Morgan fingerprint density at radius 2 is 1.95 bits per heavy atom. The van der Waals surface area contributed by atoms with Gasteiger partial charge in [-0.2, -0.15) is 0 Å². The minimum Gasteiger partial charge on any atom is -0.388 e. The lowest BCUT2D eigenvalue weighted by Crippen LogP contribution is -2.27. The Labute approximate surface area is 112 Å². The summed E-state index contributed by atoms with van der Waals surface area (Å²) in [7, 11) is 1.80. The summed E-state index contributed by atoms with van der Waals surface area (Å²) in [5.41, 5.74) is 2.26. The molecule has 1 unspecified atom stereocenters. The summed E-state index contributed by atoms with van der Waals surface area (Å²) in [5.74, 6) is -0.193. The smallest absolute Gasteiger partial charge is 0.270 e. The Bertz CT molecular complexity index is 556. The minimum atomic E-state index is -0.193. The van der Waals surface area contributed by atoms with Gasteiger partial charge in [0.05, 0.1) is 6.04 Å². The molecule has 2 N–H and O–H groups in total. The SMILES string of the molecule is CNc1ccnc(C(=O)NC(C)c2ccncc2)c1. The Kier molecular flexibility index (Phi) is 4.07. The lowest BCUT2D eigenvalue weighted by Gasteiger charge is -2.14. The van der Waals surface area contributed by atoms with Crippen molar-refractivity contribution < 1.29 is 4.79 Å². The average molecular weight is 256 g/mol. The van der Waals surface area contributed by atoms with Crippen LogP contribution in [0.3, 0.4) is 0 Å². The summed E-state index contributed by atoms with van der Waals surface area (Å²) < 4.78 is 0. The third kappa shape index (κ3) is 3.28. The molecule has 0 fully saturated rings. The van der Waals surface area contributed by atoms with Gasteiger partial charge in [-0.05, 0) is 36.8 Å². The van der Waals surface area contributed by atoms with Crippen molar-refractivity contribution in [2.75, 3.05) is 12.4 Å². The fraction of sp³-hybridized carbons (Fsp3) is 0.214. The highest BCUT2D eigenvalue weighted by Crippen LogP contribution is 2.12. The second-order valence-electron chi connectivity index (χ2n) is 4.16. The topological polar surface area (TPSA) is 66.9 Å². The molecule has 2 rings (SSSR count). The van der Waals surface area contributed by atoms with Gasteiger partial charge in [-0.1, -0.05) is 0 Å². The number of nitrogens with one attached hydrogen (secondary N) is 2. The van der Waals surface area contributed by atoms with Crippen LogP contribution >= 0.6 is 0 Å². The largest absolute Gasteiger partial charge is 0.388 e. The zero-order valence-electron chi connectivity index (χ0n) is 10.9. The van der Waals surface area contributed by atoms with Crippen molar-refractivity contribution >= 4 is 11.6 Å².